The van der Waals surface area contributed by atoms with Crippen LogP contribution < -0.4 is 0 Å². The molecule has 0 N–H and O–H groups in total. The molecule has 0 aliphatic heterocycles. The van der Waals surface area contributed by atoms with Gasteiger partial charge in [-0.15, -0.1) is 0 Å². The predicted octanol–water partition coefficient (Wildman–Crippen LogP) is 5.04. The number of hydrogen-bond acceptors (Lipinski definition) is 5. The van der Waals surface area contributed by atoms with E-state index in [-0.39, 0.29) is 0 Å². The van der Waals surface area contributed by atoms with E-state index in [9.17, 15) is 9.59 Å². The molecule has 0 amide bonds. The van der Waals surface area contributed by atoms with E-state index in [0.717, 1.165) is 10.9 Å². The highest BCUT2D eigenvalue weighted by atomic mass is 79.9. The third kappa shape index (κ3) is 3.88. The molecule has 3 aromatic rings. The highest BCUT2D eigenvalue weighted by Gasteiger charge is 2.24. The average molecular weight is 431 g/mol. The van der Waals surface area contributed by atoms with Crippen molar-refractivity contribution in [3.63, 3.8) is 0 Å². The largest absolute Gasteiger partial charge is 0.465 e. The second-order valence-electron chi connectivity index (χ2n) is 6.96. The zero-order valence-corrected chi connectivity index (χ0v) is 17.0. The van der Waals surface area contributed by atoms with E-state index in [1.54, 1.807) is 45.3 Å². The molecule has 1 aromatic carbocycles. The number of benzene rings is 1. The zero-order valence-electron chi connectivity index (χ0n) is 15.4. The van der Waals surface area contributed by atoms with Crippen molar-refractivity contribution in [3.8, 4) is 11.3 Å². The summed E-state index contributed by atoms with van der Waals surface area (Å²) < 4.78 is 12.6. The molecule has 7 heteroatoms. The van der Waals surface area contributed by atoms with Crippen LogP contribution in [-0.2, 0) is 9.47 Å². The molecule has 0 saturated heterocycles. The van der Waals surface area contributed by atoms with Crippen LogP contribution in [0.15, 0.2) is 47.2 Å². The summed E-state index contributed by atoms with van der Waals surface area (Å²) in [6.45, 7) is 5.41. The van der Waals surface area contributed by atoms with Gasteiger partial charge in [0, 0.05) is 27.8 Å². The summed E-state index contributed by atoms with van der Waals surface area (Å²) in [4.78, 5) is 29.0. The van der Waals surface area contributed by atoms with Gasteiger partial charge in [0.05, 0.1) is 23.9 Å². The van der Waals surface area contributed by atoms with Gasteiger partial charge in [0.15, 0.2) is 0 Å². The maximum Gasteiger partial charge on any atom is 0.419 e. The maximum absolute atomic E-state index is 13.0. The Balaban J connectivity index is 2.31. The zero-order chi connectivity index (χ0) is 19.8. The van der Waals surface area contributed by atoms with Crippen LogP contribution in [0.25, 0.3) is 22.2 Å². The Labute approximate surface area is 165 Å². The van der Waals surface area contributed by atoms with E-state index >= 15 is 0 Å². The van der Waals surface area contributed by atoms with E-state index in [2.05, 4.69) is 20.9 Å². The van der Waals surface area contributed by atoms with E-state index in [4.69, 9.17) is 9.47 Å². The first-order valence-electron chi connectivity index (χ1n) is 8.28. The van der Waals surface area contributed by atoms with Crippen molar-refractivity contribution >= 4 is 38.9 Å². The van der Waals surface area contributed by atoms with Gasteiger partial charge in [-0.3, -0.25) is 4.98 Å². The minimum absolute atomic E-state index is 0.334. The monoisotopic (exact) mass is 430 g/mol. The van der Waals surface area contributed by atoms with E-state index in [1.807, 2.05) is 18.2 Å². The lowest BCUT2D eigenvalue weighted by Crippen LogP contribution is -2.27. The fourth-order valence-electron chi connectivity index (χ4n) is 2.74. The van der Waals surface area contributed by atoms with Gasteiger partial charge in [-0.2, -0.15) is 0 Å². The van der Waals surface area contributed by atoms with Gasteiger partial charge in [-0.25, -0.2) is 14.2 Å². The molecule has 0 saturated carbocycles. The SMILES string of the molecule is COC(=O)c1cc(Br)c2cc(-c3ccncc3)n(C(=O)OC(C)(C)C)c2c1. The van der Waals surface area contributed by atoms with Crippen LogP contribution in [-0.4, -0.2) is 34.3 Å². The quantitative estimate of drug-likeness (QED) is 0.532. The van der Waals surface area contributed by atoms with Crippen LogP contribution in [0, 0.1) is 0 Å². The van der Waals surface area contributed by atoms with E-state index in [1.165, 1.54) is 11.7 Å². The van der Waals surface area contributed by atoms with Gasteiger partial charge in [0.2, 0.25) is 0 Å². The van der Waals surface area contributed by atoms with Gasteiger partial charge in [-0.1, -0.05) is 15.9 Å². The Morgan fingerprint density at radius 3 is 2.37 bits per heavy atom. The smallest absolute Gasteiger partial charge is 0.419 e. The second-order valence-corrected chi connectivity index (χ2v) is 7.82. The summed E-state index contributed by atoms with van der Waals surface area (Å²) in [5, 5.41) is 0.778. The van der Waals surface area contributed by atoms with Gasteiger partial charge in [0.25, 0.3) is 0 Å². The van der Waals surface area contributed by atoms with Crippen molar-refractivity contribution in [1.82, 2.24) is 9.55 Å². The van der Waals surface area contributed by atoms with Crippen LogP contribution in [0.5, 0.6) is 0 Å². The standard InChI is InChI=1S/C20H19BrN2O4/c1-20(2,3)27-19(25)23-16(12-5-7-22-8-6-12)11-14-15(21)9-13(10-17(14)23)18(24)26-4/h5-11H,1-4H3. The molecule has 0 aliphatic carbocycles. The number of carbonyl (C=O) groups excluding carboxylic acids is 2. The van der Waals surface area contributed by atoms with Crippen LogP contribution >= 0.6 is 15.9 Å². The average Bonchev–Trinajstić information content (AvgIpc) is 3.00. The molecule has 0 radical (unpaired) electrons. The summed E-state index contributed by atoms with van der Waals surface area (Å²) in [5.41, 5.74) is 1.66. The topological polar surface area (TPSA) is 70.4 Å². The van der Waals surface area contributed by atoms with Crippen molar-refractivity contribution in [2.24, 2.45) is 0 Å². The van der Waals surface area contributed by atoms with Crippen molar-refractivity contribution in [1.29, 1.82) is 0 Å². The molecule has 0 aliphatic rings. The highest BCUT2D eigenvalue weighted by molar-refractivity contribution is 9.10. The number of halogens is 1. The van der Waals surface area contributed by atoms with Crippen LogP contribution in [0.4, 0.5) is 4.79 Å². The Kier molecular flexibility index (Phi) is 5.06. The lowest BCUT2D eigenvalue weighted by atomic mass is 10.1. The molecule has 6 nitrogen and oxygen atoms in total. The lowest BCUT2D eigenvalue weighted by Gasteiger charge is -2.21. The molecule has 0 atom stereocenters. The summed E-state index contributed by atoms with van der Waals surface area (Å²) in [6, 6.07) is 8.79. The van der Waals surface area contributed by atoms with Gasteiger partial charge in [0.1, 0.15) is 5.60 Å². The Morgan fingerprint density at radius 2 is 1.78 bits per heavy atom. The van der Waals surface area contributed by atoms with Crippen molar-refractivity contribution in [3.05, 3.63) is 52.8 Å². The summed E-state index contributed by atoms with van der Waals surface area (Å²) in [6.07, 6.45) is 2.78. The van der Waals surface area contributed by atoms with Gasteiger partial charge >= 0.3 is 12.1 Å². The molecule has 27 heavy (non-hydrogen) atoms. The normalized spacial score (nSPS) is 11.4. The first-order chi connectivity index (χ1) is 12.7. The Bertz CT molecular complexity index is 1020. The molecule has 2 aromatic heterocycles. The molecule has 2 heterocycles. The number of carbonyl (C=O) groups is 2. The number of methoxy groups -OCH3 is 1. The van der Waals surface area contributed by atoms with Crippen LogP contribution in [0.2, 0.25) is 0 Å². The van der Waals surface area contributed by atoms with Crippen molar-refractivity contribution < 1.29 is 19.1 Å². The third-order valence-electron chi connectivity index (χ3n) is 3.84. The second kappa shape index (κ2) is 7.15. The van der Waals surface area contributed by atoms with E-state index in [0.29, 0.717) is 21.2 Å². The summed E-state index contributed by atoms with van der Waals surface area (Å²) >= 11 is 3.49. The minimum atomic E-state index is -0.666. The number of rotatable bonds is 2. The number of ether oxygens (including phenoxy) is 2. The number of fused-ring (bicyclic) bond motifs is 1. The van der Waals surface area contributed by atoms with Crippen molar-refractivity contribution in [2.75, 3.05) is 7.11 Å². The lowest BCUT2D eigenvalue weighted by molar-refractivity contribution is 0.0544. The molecule has 0 spiro atoms. The first-order valence-corrected chi connectivity index (χ1v) is 9.07. The van der Waals surface area contributed by atoms with Crippen LogP contribution in [0.3, 0.4) is 0 Å². The highest BCUT2D eigenvalue weighted by Crippen LogP contribution is 2.34. The van der Waals surface area contributed by atoms with Gasteiger partial charge in [-0.05, 0) is 51.1 Å². The Hall–Kier alpha value is -2.67. The minimum Gasteiger partial charge on any atom is -0.465 e. The molecular weight excluding hydrogens is 412 g/mol. The van der Waals surface area contributed by atoms with Gasteiger partial charge < -0.3 is 9.47 Å². The predicted molar refractivity (Wildman–Crippen MR) is 106 cm³/mol. The first kappa shape index (κ1) is 19.1. The number of nitrogens with zero attached hydrogens (tertiary/aromatic N) is 2. The molecule has 140 valence electrons. The number of pyridine rings is 1. The number of hydrogen-bond donors (Lipinski definition) is 0. The molecule has 3 rings (SSSR count). The summed E-state index contributed by atoms with van der Waals surface area (Å²) in [5.74, 6) is -0.486. The summed E-state index contributed by atoms with van der Waals surface area (Å²) in [7, 11) is 1.32. The molecule has 0 unspecified atom stereocenters. The molecule has 0 bridgehead atoms. The number of aromatic nitrogens is 2. The Morgan fingerprint density at radius 1 is 1.11 bits per heavy atom. The maximum atomic E-state index is 13.0. The molecular formula is C20H19BrN2O4. The van der Waals surface area contributed by atoms with E-state index < -0.39 is 17.7 Å². The number of esters is 1. The van der Waals surface area contributed by atoms with Crippen molar-refractivity contribution in [2.45, 2.75) is 26.4 Å². The third-order valence-corrected chi connectivity index (χ3v) is 4.50. The molecule has 0 fully saturated rings. The fraction of sp³-hybridized carbons (Fsp3) is 0.250. The van der Waals surface area contributed by atoms with Crippen LogP contribution in [0.1, 0.15) is 31.1 Å². The fourth-order valence-corrected chi connectivity index (χ4v) is 3.30.